The third kappa shape index (κ3) is 8.05. The van der Waals surface area contributed by atoms with Gasteiger partial charge >= 0.3 is 11.9 Å². The van der Waals surface area contributed by atoms with Gasteiger partial charge in [-0.15, -0.1) is 22.7 Å². The molecule has 4 heterocycles. The van der Waals surface area contributed by atoms with Gasteiger partial charge in [-0.2, -0.15) is 0 Å². The SMILES string of the molecule is CCCCOC(=O)C1=C(C(=O)OCCCC)SC(=C2SC(C#Cc3cccs3)=C(C#Cc3cccs3)S2)S1. The van der Waals surface area contributed by atoms with Crippen LogP contribution in [0.1, 0.15) is 49.3 Å². The number of esters is 2. The molecule has 0 bridgehead atoms. The van der Waals surface area contributed by atoms with Crippen molar-refractivity contribution < 1.29 is 19.1 Å². The van der Waals surface area contributed by atoms with Crippen LogP contribution in [-0.2, 0) is 19.1 Å². The van der Waals surface area contributed by atoms with Crippen molar-refractivity contribution >= 4 is 81.7 Å². The van der Waals surface area contributed by atoms with Crippen LogP contribution in [0.15, 0.2) is 63.1 Å². The monoisotopic (exact) mass is 616 g/mol. The lowest BCUT2D eigenvalue weighted by Gasteiger charge is -2.06. The first-order chi connectivity index (χ1) is 18.6. The second kappa shape index (κ2) is 15.0. The Morgan fingerprint density at radius 1 is 0.684 bits per heavy atom. The molecule has 2 aliphatic rings. The van der Waals surface area contributed by atoms with Crippen LogP contribution < -0.4 is 0 Å². The number of carbonyl (C=O) groups is 2. The Hall–Kier alpha value is -1.92. The standard InChI is InChI=1S/C28H24O4S6/c1-3-5-15-31-25(29)23-24(26(30)32-16-6-4-2)38-28(37-23)27-35-21(13-11-19-9-7-17-33-19)22(36-27)14-12-20-10-8-18-34-20/h7-10,17-18H,3-6,15-16H2,1-2H3. The molecule has 0 N–H and O–H groups in total. The lowest BCUT2D eigenvalue weighted by Crippen LogP contribution is -2.12. The number of ether oxygens (including phenoxy) is 2. The fourth-order valence-corrected chi connectivity index (χ4v) is 9.06. The Labute approximate surface area is 248 Å². The molecular weight excluding hydrogens is 593 g/mol. The van der Waals surface area contributed by atoms with E-state index in [1.165, 1.54) is 47.0 Å². The lowest BCUT2D eigenvalue weighted by molar-refractivity contribution is -0.141. The highest BCUT2D eigenvalue weighted by atomic mass is 32.2. The minimum Gasteiger partial charge on any atom is -0.462 e. The highest BCUT2D eigenvalue weighted by Crippen LogP contribution is 2.60. The van der Waals surface area contributed by atoms with E-state index < -0.39 is 11.9 Å². The number of unbranched alkanes of at least 4 members (excludes halogenated alkanes) is 2. The molecule has 0 spiro atoms. The summed E-state index contributed by atoms with van der Waals surface area (Å²) >= 11 is 8.78. The molecular formula is C28H24O4S6. The van der Waals surface area contributed by atoms with Gasteiger partial charge in [0, 0.05) is 0 Å². The number of rotatable bonds is 8. The number of hydrogen-bond acceptors (Lipinski definition) is 10. The summed E-state index contributed by atoms with van der Waals surface area (Å²) in [6, 6.07) is 7.93. The van der Waals surface area contributed by atoms with Gasteiger partial charge in [0.05, 0.1) is 41.3 Å². The van der Waals surface area contributed by atoms with E-state index in [1.807, 2.05) is 48.9 Å². The van der Waals surface area contributed by atoms with Crippen molar-refractivity contribution in [3.63, 3.8) is 0 Å². The van der Waals surface area contributed by atoms with Gasteiger partial charge in [0.2, 0.25) is 0 Å². The Morgan fingerprint density at radius 3 is 1.53 bits per heavy atom. The van der Waals surface area contributed by atoms with Crippen LogP contribution in [0.3, 0.4) is 0 Å². The Balaban J connectivity index is 1.59. The maximum Gasteiger partial charge on any atom is 0.346 e. The molecule has 2 aromatic heterocycles. The summed E-state index contributed by atoms with van der Waals surface area (Å²) in [4.78, 5) is 30.1. The molecule has 4 nitrogen and oxygen atoms in total. The molecule has 2 aliphatic heterocycles. The maximum absolute atomic E-state index is 12.9. The van der Waals surface area contributed by atoms with Crippen molar-refractivity contribution in [1.29, 1.82) is 0 Å². The smallest absolute Gasteiger partial charge is 0.346 e. The molecule has 0 fully saturated rings. The molecule has 0 amide bonds. The third-order valence-corrected chi connectivity index (χ3v) is 11.9. The van der Waals surface area contributed by atoms with E-state index >= 15 is 0 Å². The summed E-state index contributed by atoms with van der Waals surface area (Å²) in [5, 5.41) is 4.00. The summed E-state index contributed by atoms with van der Waals surface area (Å²) < 4.78 is 12.7. The van der Waals surface area contributed by atoms with Crippen LogP contribution in [0.2, 0.25) is 0 Å². The van der Waals surface area contributed by atoms with E-state index in [9.17, 15) is 9.59 Å². The highest BCUT2D eigenvalue weighted by Gasteiger charge is 2.36. The summed E-state index contributed by atoms with van der Waals surface area (Å²) in [6.07, 6.45) is 3.38. The van der Waals surface area contributed by atoms with Crippen LogP contribution in [0.5, 0.6) is 0 Å². The quantitative estimate of drug-likeness (QED) is 0.167. The summed E-state index contributed by atoms with van der Waals surface area (Å²) in [6.45, 7) is 4.71. The topological polar surface area (TPSA) is 52.6 Å². The molecule has 0 aromatic carbocycles. The van der Waals surface area contributed by atoms with Crippen LogP contribution in [0, 0.1) is 23.7 Å². The van der Waals surface area contributed by atoms with Crippen molar-refractivity contribution in [3.05, 3.63) is 72.9 Å². The van der Waals surface area contributed by atoms with Crippen LogP contribution in [0.25, 0.3) is 0 Å². The average molecular weight is 617 g/mol. The zero-order chi connectivity index (χ0) is 26.7. The predicted molar refractivity (Wildman–Crippen MR) is 166 cm³/mol. The van der Waals surface area contributed by atoms with Gasteiger partial charge in [0.15, 0.2) is 0 Å². The third-order valence-electron chi connectivity index (χ3n) is 4.83. The Bertz CT molecular complexity index is 1270. The fraction of sp³-hybridized carbons (Fsp3) is 0.286. The average Bonchev–Trinajstić information content (AvgIpc) is 3.73. The number of allylic oxidation sites excluding steroid dienone is 2. The molecule has 2 aromatic rings. The molecule has 0 saturated heterocycles. The van der Waals surface area contributed by atoms with Crippen molar-refractivity contribution in [2.24, 2.45) is 0 Å². The summed E-state index contributed by atoms with van der Waals surface area (Å²) in [5.74, 6) is 12.1. The van der Waals surface area contributed by atoms with Gasteiger partial charge in [-0.1, -0.05) is 110 Å². The molecule has 0 aliphatic carbocycles. The van der Waals surface area contributed by atoms with Gasteiger partial charge < -0.3 is 9.47 Å². The fourth-order valence-electron chi connectivity index (χ4n) is 2.88. The lowest BCUT2D eigenvalue weighted by atomic mass is 10.3. The summed E-state index contributed by atoms with van der Waals surface area (Å²) in [7, 11) is 0. The molecule has 0 unspecified atom stereocenters. The van der Waals surface area contributed by atoms with Gasteiger partial charge in [0.25, 0.3) is 0 Å². The molecule has 10 heteroatoms. The number of carbonyl (C=O) groups excluding carboxylic acids is 2. The zero-order valence-corrected chi connectivity index (χ0v) is 25.7. The highest BCUT2D eigenvalue weighted by molar-refractivity contribution is 8.34. The minimum atomic E-state index is -0.481. The molecule has 196 valence electrons. The minimum absolute atomic E-state index is 0.292. The maximum atomic E-state index is 12.9. The van der Waals surface area contributed by atoms with Gasteiger partial charge in [0.1, 0.15) is 9.81 Å². The number of thioether (sulfide) groups is 4. The van der Waals surface area contributed by atoms with Crippen LogP contribution in [-0.4, -0.2) is 25.2 Å². The largest absolute Gasteiger partial charge is 0.462 e. The van der Waals surface area contributed by atoms with Crippen LogP contribution >= 0.6 is 69.7 Å². The predicted octanol–water partition coefficient (Wildman–Crippen LogP) is 8.41. The molecule has 0 radical (unpaired) electrons. The van der Waals surface area contributed by atoms with E-state index in [0.29, 0.717) is 23.0 Å². The number of thiophene rings is 2. The van der Waals surface area contributed by atoms with Gasteiger partial charge in [-0.05, 0) is 35.7 Å². The van der Waals surface area contributed by atoms with E-state index in [1.54, 1.807) is 22.7 Å². The van der Waals surface area contributed by atoms with Crippen molar-refractivity contribution in [2.45, 2.75) is 39.5 Å². The van der Waals surface area contributed by atoms with Gasteiger partial charge in [-0.3, -0.25) is 0 Å². The van der Waals surface area contributed by atoms with E-state index in [2.05, 4.69) is 23.7 Å². The summed E-state index contributed by atoms with van der Waals surface area (Å²) in [5.41, 5.74) is 0. The van der Waals surface area contributed by atoms with E-state index in [4.69, 9.17) is 9.47 Å². The molecule has 0 atom stereocenters. The van der Waals surface area contributed by atoms with E-state index in [0.717, 1.165) is 53.7 Å². The first kappa shape index (κ1) is 29.1. The first-order valence-electron chi connectivity index (χ1n) is 12.0. The van der Waals surface area contributed by atoms with E-state index in [-0.39, 0.29) is 0 Å². The first-order valence-corrected chi connectivity index (χ1v) is 17.0. The molecule has 38 heavy (non-hydrogen) atoms. The molecule has 0 saturated carbocycles. The Morgan fingerprint density at radius 2 is 1.13 bits per heavy atom. The van der Waals surface area contributed by atoms with Crippen molar-refractivity contribution in [1.82, 2.24) is 0 Å². The Kier molecular flexibility index (Phi) is 11.5. The normalized spacial score (nSPS) is 14.8. The van der Waals surface area contributed by atoms with Gasteiger partial charge in [-0.25, -0.2) is 9.59 Å². The zero-order valence-electron chi connectivity index (χ0n) is 20.8. The van der Waals surface area contributed by atoms with Crippen molar-refractivity contribution in [3.8, 4) is 23.7 Å². The van der Waals surface area contributed by atoms with Crippen LogP contribution in [0.4, 0.5) is 0 Å². The van der Waals surface area contributed by atoms with Crippen molar-refractivity contribution in [2.75, 3.05) is 13.2 Å². The molecule has 4 rings (SSSR count). The number of hydrogen-bond donors (Lipinski definition) is 0. The second-order valence-electron chi connectivity index (χ2n) is 7.73. The second-order valence-corrected chi connectivity index (χ2v) is 14.2.